The molecule has 1 atom stereocenters. The average Bonchev–Trinajstić information content (AvgIpc) is 3.28. The molecular formula is C16H26IN5O3. The van der Waals surface area contributed by atoms with Crippen LogP contribution in [0.4, 0.5) is 0 Å². The van der Waals surface area contributed by atoms with Crippen molar-refractivity contribution in [1.29, 1.82) is 0 Å². The average molecular weight is 463 g/mol. The van der Waals surface area contributed by atoms with Crippen LogP contribution in [0.3, 0.4) is 0 Å². The Balaban J connectivity index is 0.00000312. The summed E-state index contributed by atoms with van der Waals surface area (Å²) in [5.74, 6) is 0.902. The summed E-state index contributed by atoms with van der Waals surface area (Å²) in [6, 6.07) is 3.49. The highest BCUT2D eigenvalue weighted by Gasteiger charge is 2.25. The molecule has 0 bridgehead atoms. The summed E-state index contributed by atoms with van der Waals surface area (Å²) in [4.78, 5) is 29.4. The van der Waals surface area contributed by atoms with E-state index in [9.17, 15) is 9.59 Å². The normalized spacial score (nSPS) is 17.0. The maximum absolute atomic E-state index is 11.7. The van der Waals surface area contributed by atoms with E-state index in [4.69, 9.17) is 4.42 Å². The Morgan fingerprint density at radius 3 is 2.76 bits per heavy atom. The third-order valence-corrected chi connectivity index (χ3v) is 3.86. The van der Waals surface area contributed by atoms with Gasteiger partial charge < -0.3 is 25.3 Å². The number of guanidine groups is 1. The zero-order valence-corrected chi connectivity index (χ0v) is 16.9. The van der Waals surface area contributed by atoms with Crippen LogP contribution in [0, 0.1) is 0 Å². The monoisotopic (exact) mass is 463 g/mol. The number of likely N-dealkylation sites (tertiary alicyclic amines) is 1. The highest BCUT2D eigenvalue weighted by molar-refractivity contribution is 14.0. The lowest BCUT2D eigenvalue weighted by atomic mass is 10.3. The van der Waals surface area contributed by atoms with E-state index in [-0.39, 0.29) is 41.8 Å². The summed E-state index contributed by atoms with van der Waals surface area (Å²) < 4.78 is 5.02. The van der Waals surface area contributed by atoms with Crippen LogP contribution in [0.5, 0.6) is 0 Å². The molecule has 140 valence electrons. The minimum atomic E-state index is -0.241. The number of hydrogen-bond donors (Lipinski definition) is 3. The molecule has 0 aliphatic carbocycles. The number of furan rings is 1. The SMILES string of the molecule is CCC(=O)N1CCC(NC(=NC)NCCNC(=O)c2ccco2)C1.I. The number of nitrogens with one attached hydrogen (secondary N) is 3. The van der Waals surface area contributed by atoms with Gasteiger partial charge in [0.25, 0.3) is 5.91 Å². The highest BCUT2D eigenvalue weighted by atomic mass is 127. The van der Waals surface area contributed by atoms with Crippen molar-refractivity contribution >= 4 is 41.8 Å². The Bertz CT molecular complexity index is 576. The fourth-order valence-corrected chi connectivity index (χ4v) is 2.57. The van der Waals surface area contributed by atoms with Gasteiger partial charge in [0.2, 0.25) is 5.91 Å². The number of rotatable bonds is 6. The first-order valence-corrected chi connectivity index (χ1v) is 8.20. The van der Waals surface area contributed by atoms with Gasteiger partial charge in [0.05, 0.1) is 6.26 Å². The molecule has 1 aliphatic heterocycles. The summed E-state index contributed by atoms with van der Waals surface area (Å²) in [7, 11) is 1.70. The molecule has 0 radical (unpaired) electrons. The second kappa shape index (κ2) is 11.0. The lowest BCUT2D eigenvalue weighted by Crippen LogP contribution is -2.46. The first-order valence-electron chi connectivity index (χ1n) is 8.20. The van der Waals surface area contributed by atoms with E-state index in [0.29, 0.717) is 37.8 Å². The largest absolute Gasteiger partial charge is 0.459 e. The van der Waals surface area contributed by atoms with Crippen molar-refractivity contribution in [3.63, 3.8) is 0 Å². The van der Waals surface area contributed by atoms with Gasteiger partial charge in [-0.05, 0) is 18.6 Å². The van der Waals surface area contributed by atoms with Crippen LogP contribution in [-0.4, -0.2) is 61.9 Å². The van der Waals surface area contributed by atoms with Crippen molar-refractivity contribution in [1.82, 2.24) is 20.9 Å². The van der Waals surface area contributed by atoms with Crippen molar-refractivity contribution in [2.45, 2.75) is 25.8 Å². The standard InChI is InChI=1S/C16H25N5O3.HI/c1-3-14(22)21-9-6-12(11-21)20-16(17-2)19-8-7-18-15(23)13-5-4-10-24-13;/h4-5,10,12H,3,6-9,11H2,1-2H3,(H,18,23)(H2,17,19,20);1H. The fraction of sp³-hybridized carbons (Fsp3) is 0.562. The van der Waals surface area contributed by atoms with Gasteiger partial charge in [0.15, 0.2) is 11.7 Å². The second-order valence-electron chi connectivity index (χ2n) is 5.56. The molecule has 1 aromatic rings. The minimum absolute atomic E-state index is 0. The van der Waals surface area contributed by atoms with Gasteiger partial charge in [-0.3, -0.25) is 14.6 Å². The van der Waals surface area contributed by atoms with Crippen LogP contribution in [0.15, 0.2) is 27.8 Å². The van der Waals surface area contributed by atoms with Crippen molar-refractivity contribution in [2.24, 2.45) is 4.99 Å². The predicted molar refractivity (Wildman–Crippen MR) is 106 cm³/mol. The molecule has 3 N–H and O–H groups in total. The Morgan fingerprint density at radius 1 is 1.36 bits per heavy atom. The minimum Gasteiger partial charge on any atom is -0.459 e. The zero-order chi connectivity index (χ0) is 17.4. The fourth-order valence-electron chi connectivity index (χ4n) is 2.57. The molecule has 2 rings (SSSR count). The Kier molecular flexibility index (Phi) is 9.32. The van der Waals surface area contributed by atoms with E-state index in [1.54, 1.807) is 19.2 Å². The van der Waals surface area contributed by atoms with Crippen LogP contribution in [0.1, 0.15) is 30.3 Å². The van der Waals surface area contributed by atoms with E-state index in [1.807, 2.05) is 11.8 Å². The number of carbonyl (C=O) groups excluding carboxylic acids is 2. The molecule has 0 spiro atoms. The Morgan fingerprint density at radius 2 is 2.12 bits per heavy atom. The summed E-state index contributed by atoms with van der Waals surface area (Å²) >= 11 is 0. The van der Waals surface area contributed by atoms with Crippen molar-refractivity contribution < 1.29 is 14.0 Å². The Labute approximate surface area is 164 Å². The third-order valence-electron chi connectivity index (χ3n) is 3.86. The Hall–Kier alpha value is -1.78. The van der Waals surface area contributed by atoms with Crippen LogP contribution < -0.4 is 16.0 Å². The number of amides is 2. The maximum Gasteiger partial charge on any atom is 0.287 e. The predicted octanol–water partition coefficient (Wildman–Crippen LogP) is 0.803. The van der Waals surface area contributed by atoms with Crippen LogP contribution in [0.25, 0.3) is 0 Å². The van der Waals surface area contributed by atoms with Gasteiger partial charge in [0, 0.05) is 45.7 Å². The first kappa shape index (κ1) is 21.3. The molecular weight excluding hydrogens is 437 g/mol. The lowest BCUT2D eigenvalue weighted by Gasteiger charge is -2.18. The number of halogens is 1. The molecule has 1 aromatic heterocycles. The van der Waals surface area contributed by atoms with Crippen molar-refractivity contribution in [2.75, 3.05) is 33.2 Å². The third kappa shape index (κ3) is 6.56. The van der Waals surface area contributed by atoms with Crippen LogP contribution >= 0.6 is 24.0 Å². The maximum atomic E-state index is 11.7. The molecule has 2 amide bonds. The molecule has 25 heavy (non-hydrogen) atoms. The molecule has 1 fully saturated rings. The van der Waals surface area contributed by atoms with E-state index in [2.05, 4.69) is 20.9 Å². The summed E-state index contributed by atoms with van der Waals surface area (Å²) in [5, 5.41) is 9.21. The zero-order valence-electron chi connectivity index (χ0n) is 14.6. The lowest BCUT2D eigenvalue weighted by molar-refractivity contribution is -0.129. The molecule has 8 nitrogen and oxygen atoms in total. The number of nitrogens with zero attached hydrogens (tertiary/aromatic N) is 2. The summed E-state index contributed by atoms with van der Waals surface area (Å²) in [6.45, 7) is 4.34. The first-order chi connectivity index (χ1) is 11.6. The van der Waals surface area contributed by atoms with E-state index < -0.39 is 0 Å². The van der Waals surface area contributed by atoms with E-state index >= 15 is 0 Å². The molecule has 0 saturated carbocycles. The topological polar surface area (TPSA) is 99.0 Å². The molecule has 1 aliphatic rings. The van der Waals surface area contributed by atoms with Crippen LogP contribution in [-0.2, 0) is 4.79 Å². The second-order valence-corrected chi connectivity index (χ2v) is 5.56. The van der Waals surface area contributed by atoms with Crippen molar-refractivity contribution in [3.05, 3.63) is 24.2 Å². The van der Waals surface area contributed by atoms with Gasteiger partial charge in [0.1, 0.15) is 0 Å². The van der Waals surface area contributed by atoms with E-state index in [1.165, 1.54) is 6.26 Å². The number of aliphatic imine (C=N–C) groups is 1. The van der Waals surface area contributed by atoms with E-state index in [0.717, 1.165) is 13.0 Å². The number of carbonyl (C=O) groups is 2. The molecule has 2 heterocycles. The molecule has 1 saturated heterocycles. The van der Waals surface area contributed by atoms with Gasteiger partial charge in [-0.1, -0.05) is 6.92 Å². The van der Waals surface area contributed by atoms with Crippen LogP contribution in [0.2, 0.25) is 0 Å². The smallest absolute Gasteiger partial charge is 0.287 e. The van der Waals surface area contributed by atoms with Gasteiger partial charge in [-0.25, -0.2) is 0 Å². The van der Waals surface area contributed by atoms with Gasteiger partial charge >= 0.3 is 0 Å². The molecule has 1 unspecified atom stereocenters. The summed E-state index contributed by atoms with van der Waals surface area (Å²) in [6.07, 6.45) is 2.91. The molecule has 0 aromatic carbocycles. The molecule has 9 heteroatoms. The summed E-state index contributed by atoms with van der Waals surface area (Å²) in [5.41, 5.74) is 0. The van der Waals surface area contributed by atoms with Crippen molar-refractivity contribution in [3.8, 4) is 0 Å². The number of hydrogen-bond acceptors (Lipinski definition) is 4. The van der Waals surface area contributed by atoms with Gasteiger partial charge in [-0.2, -0.15) is 0 Å². The van der Waals surface area contributed by atoms with Gasteiger partial charge in [-0.15, -0.1) is 24.0 Å². The highest BCUT2D eigenvalue weighted by Crippen LogP contribution is 2.10. The quantitative estimate of drug-likeness (QED) is 0.251.